The maximum atomic E-state index is 10.7. The molecule has 0 aliphatic carbocycles. The smallest absolute Gasteiger partial charge is 0.618 e. The molecule has 0 aromatic rings. The van der Waals surface area contributed by atoms with Crippen molar-refractivity contribution in [3.63, 3.8) is 0 Å². The second-order valence-electron chi connectivity index (χ2n) is 0.846. The van der Waals surface area contributed by atoms with E-state index in [9.17, 15) is 13.2 Å². The van der Waals surface area contributed by atoms with Gasteiger partial charge in [-0.05, 0) is 0 Å². The molecule has 2 nitrogen and oxygen atoms in total. The summed E-state index contributed by atoms with van der Waals surface area (Å²) in [7, 11) is 0. The number of hydrogen-bond donors (Lipinski definition) is 0. The van der Waals surface area contributed by atoms with Crippen LogP contribution in [0, 0.1) is 5.21 Å². The van der Waals surface area contributed by atoms with E-state index in [1.54, 1.807) is 0 Å². The maximum Gasteiger partial charge on any atom is 0.643 e. The lowest BCUT2D eigenvalue weighted by atomic mass is 11.1. The van der Waals surface area contributed by atoms with Crippen LogP contribution in [0.3, 0.4) is 0 Å². The molecule has 0 fully saturated rings. The molecule has 0 saturated carbocycles. The highest BCUT2D eigenvalue weighted by molar-refractivity contribution is 5.14. The van der Waals surface area contributed by atoms with Crippen molar-refractivity contribution >= 4 is 6.72 Å². The summed E-state index contributed by atoms with van der Waals surface area (Å²) < 4.78 is 30.9. The zero-order chi connectivity index (χ0) is 6.08. The second kappa shape index (κ2) is 1.40. The minimum absolute atomic E-state index is 1.31. The maximum absolute atomic E-state index is 10.7. The summed E-state index contributed by atoms with van der Waals surface area (Å²) in [5.74, 6) is 0. The van der Waals surface area contributed by atoms with Crippen molar-refractivity contribution in [2.24, 2.45) is 0 Å². The van der Waals surface area contributed by atoms with Gasteiger partial charge in [-0.3, -0.25) is 0 Å². The van der Waals surface area contributed by atoms with E-state index in [4.69, 9.17) is 5.21 Å². The standard InChI is InChI=1S/C2H2F3NO/c1-6(7)2(3,4)5/h1H2. The van der Waals surface area contributed by atoms with Crippen molar-refractivity contribution in [1.29, 1.82) is 0 Å². The van der Waals surface area contributed by atoms with Gasteiger partial charge in [0.05, 0.1) is 0 Å². The molecule has 0 atom stereocenters. The Kier molecular flexibility index (Phi) is 1.25. The Morgan fingerprint density at radius 1 is 1.43 bits per heavy atom. The number of rotatable bonds is 0. The van der Waals surface area contributed by atoms with Crippen molar-refractivity contribution < 1.29 is 17.9 Å². The average molecular weight is 113 g/mol. The fraction of sp³-hybridized carbons (Fsp3) is 0.500. The molecule has 42 valence electrons. The van der Waals surface area contributed by atoms with E-state index in [2.05, 4.69) is 6.72 Å². The predicted molar refractivity (Wildman–Crippen MR) is 16.8 cm³/mol. The molecule has 0 heterocycles. The lowest BCUT2D eigenvalue weighted by Gasteiger charge is -2.00. The predicted octanol–water partition coefficient (Wildman–Crippen LogP) is 0.717. The van der Waals surface area contributed by atoms with Crippen molar-refractivity contribution in [2.45, 2.75) is 6.30 Å². The third-order valence-electron chi connectivity index (χ3n) is 0.283. The first-order chi connectivity index (χ1) is 2.94. The van der Waals surface area contributed by atoms with E-state index >= 15 is 0 Å². The van der Waals surface area contributed by atoms with Crippen LogP contribution in [-0.4, -0.2) is 17.8 Å². The molecule has 0 aromatic carbocycles. The van der Waals surface area contributed by atoms with Gasteiger partial charge in [-0.25, -0.2) is 0 Å². The molecule has 5 heteroatoms. The van der Waals surface area contributed by atoms with Gasteiger partial charge in [-0.2, -0.15) is 0 Å². The summed E-state index contributed by atoms with van der Waals surface area (Å²) in [5.41, 5.74) is 0. The van der Waals surface area contributed by atoms with Gasteiger partial charge in [0.15, 0.2) is 0 Å². The van der Waals surface area contributed by atoms with Crippen LogP contribution in [0.15, 0.2) is 0 Å². The number of nitrogens with zero attached hydrogens (tertiary/aromatic N) is 1. The first-order valence-corrected chi connectivity index (χ1v) is 1.29. The van der Waals surface area contributed by atoms with Crippen molar-refractivity contribution in [3.8, 4) is 0 Å². The third-order valence-corrected chi connectivity index (χ3v) is 0.283. The molecule has 0 radical (unpaired) electrons. The lowest BCUT2D eigenvalue weighted by molar-refractivity contribution is -0.662. The lowest BCUT2D eigenvalue weighted by Crippen LogP contribution is -2.21. The quantitative estimate of drug-likeness (QED) is 0.149. The fourth-order valence-electron chi connectivity index (χ4n) is 0. The summed E-state index contributed by atoms with van der Waals surface area (Å²) in [5, 5.41) is 9.15. The Morgan fingerprint density at radius 2 is 1.57 bits per heavy atom. The Labute approximate surface area is 37.5 Å². The first kappa shape index (κ1) is 6.26. The van der Waals surface area contributed by atoms with Gasteiger partial charge in [-0.1, -0.05) is 0 Å². The Bertz CT molecular complexity index is 85.4. The van der Waals surface area contributed by atoms with Crippen molar-refractivity contribution in [3.05, 3.63) is 5.21 Å². The van der Waals surface area contributed by atoms with Crippen LogP contribution in [0.2, 0.25) is 0 Å². The van der Waals surface area contributed by atoms with Gasteiger partial charge in [-0.15, -0.1) is 17.9 Å². The van der Waals surface area contributed by atoms with E-state index in [0.29, 0.717) is 0 Å². The van der Waals surface area contributed by atoms with E-state index in [1.807, 2.05) is 0 Å². The Hall–Kier alpha value is -0.740. The molecule has 0 aliphatic rings. The normalized spacial score (nSPS) is 11.3. The monoisotopic (exact) mass is 113 g/mol. The highest BCUT2D eigenvalue weighted by atomic mass is 19.4. The summed E-state index contributed by atoms with van der Waals surface area (Å²) in [4.78, 5) is 0. The Morgan fingerprint density at radius 3 is 1.57 bits per heavy atom. The molecule has 0 aliphatic heterocycles. The average Bonchev–Trinajstić information content (AvgIpc) is 1.31. The highest BCUT2D eigenvalue weighted by Crippen LogP contribution is 2.12. The first-order valence-electron chi connectivity index (χ1n) is 1.29. The third kappa shape index (κ3) is 2.02. The van der Waals surface area contributed by atoms with E-state index in [-0.39, 0.29) is 0 Å². The largest absolute Gasteiger partial charge is 0.643 e. The molecule has 0 aromatic heterocycles. The zero-order valence-electron chi connectivity index (χ0n) is 3.20. The summed E-state index contributed by atoms with van der Waals surface area (Å²) >= 11 is 0. The molecule has 0 saturated heterocycles. The highest BCUT2D eigenvalue weighted by Gasteiger charge is 2.37. The number of alkyl halides is 3. The van der Waals surface area contributed by atoms with Crippen LogP contribution >= 0.6 is 0 Å². The molecular weight excluding hydrogens is 111 g/mol. The van der Waals surface area contributed by atoms with Gasteiger partial charge in [0.2, 0.25) is 0 Å². The number of halogens is 3. The number of hydrogen-bond acceptors (Lipinski definition) is 1. The van der Waals surface area contributed by atoms with Crippen LogP contribution in [-0.2, 0) is 0 Å². The van der Waals surface area contributed by atoms with Gasteiger partial charge < -0.3 is 5.21 Å². The van der Waals surface area contributed by atoms with Crippen LogP contribution < -0.4 is 0 Å². The van der Waals surface area contributed by atoms with Crippen LogP contribution in [0.5, 0.6) is 0 Å². The summed E-state index contributed by atoms with van der Waals surface area (Å²) in [6, 6.07) is 0. The van der Waals surface area contributed by atoms with Crippen LogP contribution in [0.4, 0.5) is 13.2 Å². The molecule has 0 N–H and O–H groups in total. The Balaban J connectivity index is 3.79. The van der Waals surface area contributed by atoms with Gasteiger partial charge in [0, 0.05) is 0 Å². The molecule has 0 rings (SSSR count). The molecule has 0 bridgehead atoms. The van der Waals surface area contributed by atoms with E-state index in [1.165, 1.54) is 0 Å². The van der Waals surface area contributed by atoms with Crippen LogP contribution in [0.1, 0.15) is 0 Å². The van der Waals surface area contributed by atoms with Gasteiger partial charge in [0.1, 0.15) is 6.72 Å². The number of hydroxylamine groups is 1. The molecule has 0 spiro atoms. The zero-order valence-corrected chi connectivity index (χ0v) is 3.20. The molecule has 0 amide bonds. The molecule has 7 heavy (non-hydrogen) atoms. The molecular formula is C2H2F3NO. The van der Waals surface area contributed by atoms with Gasteiger partial charge in [0.25, 0.3) is 0 Å². The van der Waals surface area contributed by atoms with Gasteiger partial charge >= 0.3 is 6.30 Å². The minimum atomic E-state index is -4.83. The topological polar surface area (TPSA) is 26.1 Å². The minimum Gasteiger partial charge on any atom is -0.618 e. The van der Waals surface area contributed by atoms with Crippen molar-refractivity contribution in [1.82, 2.24) is 0 Å². The second-order valence-corrected chi connectivity index (χ2v) is 0.846. The van der Waals surface area contributed by atoms with E-state index in [0.717, 1.165) is 0 Å². The fourth-order valence-corrected chi connectivity index (χ4v) is 0. The summed E-state index contributed by atoms with van der Waals surface area (Å²) in [6.07, 6.45) is -4.83. The molecule has 0 unspecified atom stereocenters. The SMILES string of the molecule is C=[N+]([O-])C(F)(F)F. The van der Waals surface area contributed by atoms with Crippen molar-refractivity contribution in [2.75, 3.05) is 0 Å². The summed E-state index contributed by atoms with van der Waals surface area (Å²) in [6.45, 7) is 2.06. The van der Waals surface area contributed by atoms with Crippen LogP contribution in [0.25, 0.3) is 0 Å². The van der Waals surface area contributed by atoms with E-state index < -0.39 is 11.0 Å².